The van der Waals surface area contributed by atoms with Gasteiger partial charge in [-0.2, -0.15) is 0 Å². The molecule has 9 nitrogen and oxygen atoms in total. The summed E-state index contributed by atoms with van der Waals surface area (Å²) in [4.78, 5) is 30.9. The van der Waals surface area contributed by atoms with Crippen LogP contribution in [0.1, 0.15) is 45.7 Å². The smallest absolute Gasteiger partial charge is 0.332 e. The average molecular weight is 487 g/mol. The summed E-state index contributed by atoms with van der Waals surface area (Å²) in [7, 11) is 1.58. The second kappa shape index (κ2) is 10.8. The van der Waals surface area contributed by atoms with Crippen molar-refractivity contribution in [1.82, 2.24) is 18.7 Å². The van der Waals surface area contributed by atoms with Gasteiger partial charge < -0.3 is 19.1 Å². The van der Waals surface area contributed by atoms with E-state index in [4.69, 9.17) is 9.47 Å². The molecule has 2 aromatic heterocycles. The molecule has 0 spiro atoms. The Balaban J connectivity index is 1.89. The minimum absolute atomic E-state index is 0.0221. The lowest BCUT2D eigenvalue weighted by atomic mass is 9.86. The number of aliphatic hydroxyl groups is 1. The number of hydrogen-bond donors (Lipinski definition) is 1. The van der Waals surface area contributed by atoms with Gasteiger partial charge in [0.25, 0.3) is 5.56 Å². The third-order valence-electron chi connectivity index (χ3n) is 5.93. The van der Waals surface area contributed by atoms with Crippen LogP contribution in [0.25, 0.3) is 11.2 Å². The zero-order valence-corrected chi connectivity index (χ0v) is 21.9. The number of aliphatic hydroxyl groups excluding tert-OH is 1. The molecule has 0 amide bonds. The van der Waals surface area contributed by atoms with Crippen LogP contribution < -0.4 is 16.0 Å². The highest BCUT2D eigenvalue weighted by Crippen LogP contribution is 2.27. The molecule has 0 saturated heterocycles. The summed E-state index contributed by atoms with van der Waals surface area (Å²) in [5.74, 6) is 0.827. The van der Waals surface area contributed by atoms with Crippen molar-refractivity contribution in [2.75, 3.05) is 20.3 Å². The number of imidazole rings is 1. The van der Waals surface area contributed by atoms with Gasteiger partial charge in [-0.3, -0.25) is 13.9 Å². The minimum Gasteiger partial charge on any atom is -0.491 e. The van der Waals surface area contributed by atoms with E-state index in [9.17, 15) is 14.7 Å². The number of aromatic nitrogens is 4. The van der Waals surface area contributed by atoms with Crippen molar-refractivity contribution in [2.24, 2.45) is 5.92 Å². The van der Waals surface area contributed by atoms with Gasteiger partial charge in [-0.1, -0.05) is 46.8 Å². The van der Waals surface area contributed by atoms with Crippen LogP contribution in [0.5, 0.6) is 5.75 Å². The molecule has 0 saturated carbocycles. The van der Waals surface area contributed by atoms with Crippen LogP contribution in [0.15, 0.2) is 34.1 Å². The van der Waals surface area contributed by atoms with E-state index in [1.165, 1.54) is 10.1 Å². The standard InChI is InChI=1S/C26H38N4O5/c1-17(2)13-29-23-22(28(16-27-23)10-11-34-7)24(32)30(25(29)33)14-20(31)15-35-21-9-8-19(12-18(21)3)26(4,5)6/h8-9,12,16-17,20,31H,10-11,13-15H2,1-7H3/t20-/m1/s1. The summed E-state index contributed by atoms with van der Waals surface area (Å²) < 4.78 is 15.3. The van der Waals surface area contributed by atoms with Crippen LogP contribution in [0.2, 0.25) is 0 Å². The van der Waals surface area contributed by atoms with Crippen molar-refractivity contribution in [3.63, 3.8) is 0 Å². The Kier molecular flexibility index (Phi) is 8.22. The summed E-state index contributed by atoms with van der Waals surface area (Å²) in [5, 5.41) is 10.7. The van der Waals surface area contributed by atoms with Gasteiger partial charge >= 0.3 is 5.69 Å². The average Bonchev–Trinajstić information content (AvgIpc) is 3.20. The van der Waals surface area contributed by atoms with E-state index in [2.05, 4.69) is 31.8 Å². The molecule has 0 fully saturated rings. The van der Waals surface area contributed by atoms with Crippen LogP contribution in [-0.2, 0) is 29.8 Å². The van der Waals surface area contributed by atoms with Crippen molar-refractivity contribution < 1.29 is 14.6 Å². The Morgan fingerprint density at radius 3 is 2.43 bits per heavy atom. The minimum atomic E-state index is -1.05. The highest BCUT2D eigenvalue weighted by Gasteiger charge is 2.21. The first-order valence-electron chi connectivity index (χ1n) is 12.0. The molecular formula is C26H38N4O5. The van der Waals surface area contributed by atoms with Gasteiger partial charge in [0, 0.05) is 20.2 Å². The van der Waals surface area contributed by atoms with Crippen molar-refractivity contribution in [1.29, 1.82) is 0 Å². The molecule has 0 aliphatic carbocycles. The molecule has 1 aromatic carbocycles. The second-order valence-corrected chi connectivity index (χ2v) is 10.5. The van der Waals surface area contributed by atoms with Crippen LogP contribution in [0.3, 0.4) is 0 Å². The second-order valence-electron chi connectivity index (χ2n) is 10.5. The lowest BCUT2D eigenvalue weighted by Crippen LogP contribution is -2.44. The normalized spacial score (nSPS) is 13.1. The Morgan fingerprint density at radius 1 is 1.11 bits per heavy atom. The fourth-order valence-electron chi connectivity index (χ4n) is 4.02. The molecule has 35 heavy (non-hydrogen) atoms. The monoisotopic (exact) mass is 486 g/mol. The number of methoxy groups -OCH3 is 1. The number of fused-ring (bicyclic) bond motifs is 1. The van der Waals surface area contributed by atoms with Gasteiger partial charge in [0.1, 0.15) is 18.5 Å². The molecule has 192 valence electrons. The number of nitrogens with zero attached hydrogens (tertiary/aromatic N) is 4. The van der Waals surface area contributed by atoms with Crippen LogP contribution in [0, 0.1) is 12.8 Å². The molecule has 0 unspecified atom stereocenters. The van der Waals surface area contributed by atoms with Crippen molar-refractivity contribution in [3.05, 3.63) is 56.5 Å². The van der Waals surface area contributed by atoms with Gasteiger partial charge in [0.15, 0.2) is 11.2 Å². The van der Waals surface area contributed by atoms with Crippen molar-refractivity contribution in [3.8, 4) is 5.75 Å². The molecule has 0 aliphatic heterocycles. The van der Waals surface area contributed by atoms with E-state index in [1.54, 1.807) is 18.0 Å². The summed E-state index contributed by atoms with van der Waals surface area (Å²) in [6.07, 6.45) is 0.498. The van der Waals surface area contributed by atoms with E-state index < -0.39 is 17.4 Å². The van der Waals surface area contributed by atoms with E-state index in [0.717, 1.165) is 10.1 Å². The van der Waals surface area contributed by atoms with Crippen molar-refractivity contribution in [2.45, 2.75) is 72.7 Å². The number of benzene rings is 1. The quantitative estimate of drug-likeness (QED) is 0.473. The van der Waals surface area contributed by atoms with E-state index in [1.807, 2.05) is 32.9 Å². The Labute approximate surface area is 205 Å². The number of rotatable bonds is 10. The Bertz CT molecular complexity index is 1280. The van der Waals surface area contributed by atoms with Crippen LogP contribution in [0.4, 0.5) is 0 Å². The first kappa shape index (κ1) is 26.7. The number of aryl methyl sites for hydroxylation is 1. The maximum Gasteiger partial charge on any atom is 0.332 e. The Hall–Kier alpha value is -2.91. The molecule has 3 rings (SSSR count). The van der Waals surface area contributed by atoms with E-state index in [0.29, 0.717) is 36.6 Å². The lowest BCUT2D eigenvalue weighted by molar-refractivity contribution is 0.0897. The maximum atomic E-state index is 13.3. The Morgan fingerprint density at radius 2 is 1.83 bits per heavy atom. The molecule has 0 radical (unpaired) electrons. The number of hydrogen-bond acceptors (Lipinski definition) is 6. The first-order chi connectivity index (χ1) is 16.4. The van der Waals surface area contributed by atoms with Crippen LogP contribution >= 0.6 is 0 Å². The fourth-order valence-corrected chi connectivity index (χ4v) is 4.02. The van der Waals surface area contributed by atoms with E-state index in [-0.39, 0.29) is 24.5 Å². The SMILES string of the molecule is COCCn1cnc2c1c(=O)n(C[C@@H](O)COc1ccc(C(C)(C)C)cc1C)c(=O)n2CC(C)C. The molecule has 0 bridgehead atoms. The molecule has 1 atom stereocenters. The molecule has 3 aromatic rings. The predicted octanol–water partition coefficient (Wildman–Crippen LogP) is 2.71. The summed E-state index contributed by atoms with van der Waals surface area (Å²) in [6, 6.07) is 5.98. The molecule has 1 N–H and O–H groups in total. The molecular weight excluding hydrogens is 448 g/mol. The molecule has 0 aliphatic rings. The van der Waals surface area contributed by atoms with E-state index >= 15 is 0 Å². The van der Waals surface area contributed by atoms with Gasteiger partial charge in [0.2, 0.25) is 0 Å². The highest BCUT2D eigenvalue weighted by molar-refractivity contribution is 5.70. The lowest BCUT2D eigenvalue weighted by Gasteiger charge is -2.21. The topological polar surface area (TPSA) is 101 Å². The van der Waals surface area contributed by atoms with Gasteiger partial charge in [-0.15, -0.1) is 0 Å². The number of ether oxygens (including phenoxy) is 2. The van der Waals surface area contributed by atoms with Gasteiger partial charge in [-0.25, -0.2) is 9.78 Å². The maximum absolute atomic E-state index is 13.3. The molecule has 9 heteroatoms. The summed E-state index contributed by atoms with van der Waals surface area (Å²) >= 11 is 0. The summed E-state index contributed by atoms with van der Waals surface area (Å²) in [6.45, 7) is 13.4. The third kappa shape index (κ3) is 6.02. The van der Waals surface area contributed by atoms with Gasteiger partial charge in [0.05, 0.1) is 19.5 Å². The van der Waals surface area contributed by atoms with Gasteiger partial charge in [-0.05, 0) is 35.4 Å². The van der Waals surface area contributed by atoms with Crippen molar-refractivity contribution >= 4 is 11.2 Å². The highest BCUT2D eigenvalue weighted by atomic mass is 16.5. The first-order valence-corrected chi connectivity index (χ1v) is 12.0. The fraction of sp³-hybridized carbons (Fsp3) is 0.577. The zero-order valence-electron chi connectivity index (χ0n) is 21.9. The zero-order chi connectivity index (χ0) is 25.9. The third-order valence-corrected chi connectivity index (χ3v) is 5.93. The largest absolute Gasteiger partial charge is 0.491 e. The summed E-state index contributed by atoms with van der Waals surface area (Å²) in [5.41, 5.74) is 1.88. The molecule has 2 heterocycles. The van der Waals surface area contributed by atoms with Crippen LogP contribution in [-0.4, -0.2) is 50.2 Å². The predicted molar refractivity (Wildman–Crippen MR) is 136 cm³/mol.